The lowest BCUT2D eigenvalue weighted by Crippen LogP contribution is -2.29. The summed E-state index contributed by atoms with van der Waals surface area (Å²) in [6.07, 6.45) is 0. The van der Waals surface area contributed by atoms with Crippen molar-refractivity contribution < 1.29 is 28.6 Å². The van der Waals surface area contributed by atoms with Gasteiger partial charge in [0.15, 0.2) is 0 Å². The average Bonchev–Trinajstić information content (AvgIpc) is 2.99. The quantitative estimate of drug-likeness (QED) is 0.386. The fourth-order valence-corrected chi connectivity index (χ4v) is 3.50. The van der Waals surface area contributed by atoms with E-state index in [0.717, 1.165) is 23.1 Å². The minimum atomic E-state index is -1.33. The van der Waals surface area contributed by atoms with E-state index in [9.17, 15) is 28.6 Å². The number of phenolic OH excluding ortho intramolecular Hbond substituents is 1. The van der Waals surface area contributed by atoms with Crippen molar-refractivity contribution in [2.75, 3.05) is 4.90 Å². The number of Topliss-reactive ketones (excluding diaryl/α,β-unsaturated/α-hetero) is 1. The molecular formula is C23H15F2NO4. The number of aliphatic hydroxyl groups excluding tert-OH is 1. The Morgan fingerprint density at radius 3 is 2.17 bits per heavy atom. The van der Waals surface area contributed by atoms with Crippen LogP contribution in [0.3, 0.4) is 0 Å². The first kappa shape index (κ1) is 19.3. The number of carbonyl (C=O) groups is 2. The van der Waals surface area contributed by atoms with Crippen molar-refractivity contribution in [2.24, 2.45) is 0 Å². The minimum Gasteiger partial charge on any atom is -0.507 e. The van der Waals surface area contributed by atoms with Crippen LogP contribution in [0.2, 0.25) is 0 Å². The Labute approximate surface area is 170 Å². The third-order valence-electron chi connectivity index (χ3n) is 4.90. The van der Waals surface area contributed by atoms with Crippen molar-refractivity contribution >= 4 is 23.1 Å². The molecule has 4 rings (SSSR count). The van der Waals surface area contributed by atoms with Crippen LogP contribution < -0.4 is 4.90 Å². The lowest BCUT2D eigenvalue weighted by molar-refractivity contribution is -0.132. The van der Waals surface area contributed by atoms with Crippen LogP contribution in [0.15, 0.2) is 78.4 Å². The maximum absolute atomic E-state index is 14.7. The van der Waals surface area contributed by atoms with Crippen LogP contribution in [-0.4, -0.2) is 21.9 Å². The van der Waals surface area contributed by atoms with Crippen molar-refractivity contribution in [3.63, 3.8) is 0 Å². The van der Waals surface area contributed by atoms with Crippen molar-refractivity contribution in [3.05, 3.63) is 101 Å². The van der Waals surface area contributed by atoms with Gasteiger partial charge in [-0.25, -0.2) is 8.78 Å². The first-order chi connectivity index (χ1) is 14.4. The molecule has 1 aliphatic rings. The van der Waals surface area contributed by atoms with Crippen LogP contribution in [-0.2, 0) is 9.59 Å². The average molecular weight is 407 g/mol. The molecule has 0 spiro atoms. The SMILES string of the molecule is O=C1C(=O)N(c2ccccc2O)C(c2ccccc2F)/C1=C(\O)c1ccc(F)cc1. The molecule has 1 saturated heterocycles. The number of phenols is 1. The van der Waals surface area contributed by atoms with E-state index in [2.05, 4.69) is 0 Å². The van der Waals surface area contributed by atoms with E-state index in [1.54, 1.807) is 6.07 Å². The number of hydrogen-bond acceptors (Lipinski definition) is 4. The van der Waals surface area contributed by atoms with E-state index in [1.807, 2.05) is 0 Å². The van der Waals surface area contributed by atoms with Gasteiger partial charge in [0.2, 0.25) is 0 Å². The molecule has 30 heavy (non-hydrogen) atoms. The zero-order valence-corrected chi connectivity index (χ0v) is 15.4. The van der Waals surface area contributed by atoms with Crippen LogP contribution in [0, 0.1) is 11.6 Å². The van der Waals surface area contributed by atoms with Gasteiger partial charge in [0.05, 0.1) is 17.3 Å². The summed E-state index contributed by atoms with van der Waals surface area (Å²) in [4.78, 5) is 26.7. The van der Waals surface area contributed by atoms with Gasteiger partial charge in [-0.15, -0.1) is 0 Å². The van der Waals surface area contributed by atoms with Crippen LogP contribution >= 0.6 is 0 Å². The van der Waals surface area contributed by atoms with E-state index in [-0.39, 0.29) is 28.1 Å². The zero-order chi connectivity index (χ0) is 21.4. The monoisotopic (exact) mass is 407 g/mol. The fourth-order valence-electron chi connectivity index (χ4n) is 3.50. The standard InChI is InChI=1S/C23H15F2NO4/c24-14-11-9-13(10-12-14)21(28)19-20(15-5-1-2-6-16(15)25)26(23(30)22(19)29)17-7-3-4-8-18(17)27/h1-12,20,27-28H/b21-19+. The smallest absolute Gasteiger partial charge is 0.300 e. The van der Waals surface area contributed by atoms with Gasteiger partial charge in [-0.2, -0.15) is 0 Å². The molecule has 0 saturated carbocycles. The Balaban J connectivity index is 1.99. The van der Waals surface area contributed by atoms with Crippen LogP contribution in [0.4, 0.5) is 14.5 Å². The summed E-state index contributed by atoms with van der Waals surface area (Å²) in [5, 5.41) is 21.1. The van der Waals surface area contributed by atoms with Gasteiger partial charge in [-0.3, -0.25) is 14.5 Å². The van der Waals surface area contributed by atoms with Gasteiger partial charge < -0.3 is 10.2 Å². The van der Waals surface area contributed by atoms with Crippen molar-refractivity contribution in [1.29, 1.82) is 0 Å². The van der Waals surface area contributed by atoms with Crippen LogP contribution in [0.5, 0.6) is 5.75 Å². The van der Waals surface area contributed by atoms with Gasteiger partial charge in [-0.05, 0) is 42.5 Å². The molecule has 1 atom stereocenters. The Kier molecular flexibility index (Phi) is 4.79. The molecule has 1 heterocycles. The van der Waals surface area contributed by atoms with E-state index in [0.29, 0.717) is 0 Å². The molecule has 1 fully saturated rings. The van der Waals surface area contributed by atoms with E-state index < -0.39 is 35.1 Å². The Morgan fingerprint density at radius 1 is 0.867 bits per heavy atom. The summed E-state index contributed by atoms with van der Waals surface area (Å²) in [7, 11) is 0. The molecule has 1 amide bonds. The topological polar surface area (TPSA) is 77.8 Å². The summed E-state index contributed by atoms with van der Waals surface area (Å²) in [6, 6.07) is 14.7. The Morgan fingerprint density at radius 2 is 1.50 bits per heavy atom. The molecular weight excluding hydrogens is 392 g/mol. The molecule has 3 aromatic rings. The van der Waals surface area contributed by atoms with Gasteiger partial charge >= 0.3 is 0 Å². The summed E-state index contributed by atoms with van der Waals surface area (Å²) >= 11 is 0. The highest BCUT2D eigenvalue weighted by Crippen LogP contribution is 2.45. The third kappa shape index (κ3) is 3.10. The molecule has 0 bridgehead atoms. The highest BCUT2D eigenvalue weighted by molar-refractivity contribution is 6.51. The molecule has 2 N–H and O–H groups in total. The summed E-state index contributed by atoms with van der Waals surface area (Å²) in [5.74, 6) is -4.19. The number of para-hydroxylation sites is 2. The van der Waals surface area contributed by atoms with Crippen LogP contribution in [0.1, 0.15) is 17.2 Å². The second kappa shape index (κ2) is 7.44. The molecule has 150 valence electrons. The number of amides is 1. The fraction of sp³-hybridized carbons (Fsp3) is 0.0435. The third-order valence-corrected chi connectivity index (χ3v) is 4.90. The normalized spacial score (nSPS) is 18.1. The van der Waals surface area contributed by atoms with E-state index >= 15 is 0 Å². The number of hydrogen-bond donors (Lipinski definition) is 2. The summed E-state index contributed by atoms with van der Waals surface area (Å²) in [6.45, 7) is 0. The number of benzene rings is 3. The number of anilines is 1. The van der Waals surface area contributed by atoms with E-state index in [4.69, 9.17) is 0 Å². The number of rotatable bonds is 3. The molecule has 0 aliphatic carbocycles. The first-order valence-corrected chi connectivity index (χ1v) is 8.99. The van der Waals surface area contributed by atoms with E-state index in [1.165, 1.54) is 48.5 Å². The second-order valence-corrected chi connectivity index (χ2v) is 6.69. The molecule has 1 unspecified atom stereocenters. The number of nitrogens with zero attached hydrogens (tertiary/aromatic N) is 1. The van der Waals surface area contributed by atoms with Crippen molar-refractivity contribution in [3.8, 4) is 5.75 Å². The van der Waals surface area contributed by atoms with Crippen LogP contribution in [0.25, 0.3) is 5.76 Å². The molecule has 3 aromatic carbocycles. The number of aromatic hydroxyl groups is 1. The number of halogens is 2. The molecule has 7 heteroatoms. The summed E-state index contributed by atoms with van der Waals surface area (Å²) < 4.78 is 28.0. The number of aliphatic hydroxyl groups is 1. The molecule has 0 radical (unpaired) electrons. The molecule has 0 aromatic heterocycles. The lowest BCUT2D eigenvalue weighted by atomic mass is 9.94. The lowest BCUT2D eigenvalue weighted by Gasteiger charge is -2.26. The van der Waals surface area contributed by atoms with Crippen molar-refractivity contribution in [2.45, 2.75) is 6.04 Å². The van der Waals surface area contributed by atoms with Gasteiger partial charge in [0.25, 0.3) is 11.7 Å². The minimum absolute atomic E-state index is 0.00832. The van der Waals surface area contributed by atoms with Gasteiger partial charge in [-0.1, -0.05) is 30.3 Å². The molecule has 1 aliphatic heterocycles. The first-order valence-electron chi connectivity index (χ1n) is 8.99. The number of ketones is 1. The predicted octanol–water partition coefficient (Wildman–Crippen LogP) is 4.30. The second-order valence-electron chi connectivity index (χ2n) is 6.69. The predicted molar refractivity (Wildman–Crippen MR) is 106 cm³/mol. The Bertz CT molecular complexity index is 1190. The van der Waals surface area contributed by atoms with Gasteiger partial charge in [0.1, 0.15) is 23.1 Å². The largest absolute Gasteiger partial charge is 0.507 e. The van der Waals surface area contributed by atoms with Gasteiger partial charge in [0, 0.05) is 11.1 Å². The Hall–Kier alpha value is -4.00. The maximum atomic E-state index is 14.7. The number of carbonyl (C=O) groups excluding carboxylic acids is 2. The van der Waals surface area contributed by atoms with Crippen molar-refractivity contribution in [1.82, 2.24) is 0 Å². The highest BCUT2D eigenvalue weighted by atomic mass is 19.1. The molecule has 5 nitrogen and oxygen atoms in total. The maximum Gasteiger partial charge on any atom is 0.300 e. The highest BCUT2D eigenvalue weighted by Gasteiger charge is 2.48. The zero-order valence-electron chi connectivity index (χ0n) is 15.4. The summed E-state index contributed by atoms with van der Waals surface area (Å²) in [5.41, 5.74) is -0.317.